The number of anilines is 2. The fraction of sp³-hybridized carbons (Fsp3) is 0.200. The molecule has 6 heteroatoms. The Labute approximate surface area is 191 Å². The number of benzene rings is 3. The van der Waals surface area contributed by atoms with Crippen molar-refractivity contribution in [3.8, 4) is 5.75 Å². The van der Waals surface area contributed by atoms with Crippen molar-refractivity contribution in [2.75, 3.05) is 17.2 Å². The normalized spacial score (nSPS) is 10.4. The summed E-state index contributed by atoms with van der Waals surface area (Å²) in [6.07, 6.45) is 2.04. The molecule has 3 aromatic rings. The zero-order valence-corrected chi connectivity index (χ0v) is 19.2. The van der Waals surface area contributed by atoms with Gasteiger partial charge in [0.1, 0.15) is 5.75 Å². The molecule has 0 aliphatic heterocycles. The highest BCUT2D eigenvalue weighted by Crippen LogP contribution is 2.27. The van der Waals surface area contributed by atoms with Crippen molar-refractivity contribution in [2.24, 2.45) is 0 Å². The number of carbonyl (C=O) groups is 2. The molecule has 2 amide bonds. The van der Waals surface area contributed by atoms with Gasteiger partial charge in [-0.05, 0) is 83.9 Å². The van der Waals surface area contributed by atoms with Crippen LogP contribution in [0.5, 0.6) is 5.75 Å². The first-order chi connectivity index (χ1) is 15.0. The van der Waals surface area contributed by atoms with Gasteiger partial charge in [0.25, 0.3) is 11.8 Å². The van der Waals surface area contributed by atoms with E-state index in [0.717, 1.165) is 28.6 Å². The Morgan fingerprint density at radius 3 is 2.03 bits per heavy atom. The summed E-state index contributed by atoms with van der Waals surface area (Å²) >= 11 is 3.46. The number of halogens is 1. The number of ether oxygens (including phenoxy) is 1. The van der Waals surface area contributed by atoms with Gasteiger partial charge in [0.05, 0.1) is 11.1 Å². The van der Waals surface area contributed by atoms with Crippen LogP contribution in [0.4, 0.5) is 11.4 Å². The molecule has 160 valence electrons. The Hall–Kier alpha value is -3.12. The molecule has 2 N–H and O–H groups in total. The molecule has 3 rings (SSSR count). The van der Waals surface area contributed by atoms with Crippen LogP contribution in [0.25, 0.3) is 0 Å². The molecule has 0 spiro atoms. The third-order valence-corrected chi connectivity index (χ3v) is 5.25. The number of hydrogen-bond acceptors (Lipinski definition) is 3. The molecular weight excluding hydrogens is 456 g/mol. The lowest BCUT2D eigenvalue weighted by atomic mass is 10.1. The largest absolute Gasteiger partial charge is 0.492 e. The number of nitrogens with one attached hydrogen (secondary N) is 2. The topological polar surface area (TPSA) is 67.4 Å². The summed E-state index contributed by atoms with van der Waals surface area (Å²) < 4.78 is 6.44. The number of aryl methyl sites for hydroxylation is 1. The smallest absolute Gasteiger partial charge is 0.255 e. The van der Waals surface area contributed by atoms with E-state index in [-0.39, 0.29) is 11.8 Å². The molecule has 31 heavy (non-hydrogen) atoms. The molecule has 0 atom stereocenters. The van der Waals surface area contributed by atoms with Crippen molar-refractivity contribution in [1.82, 2.24) is 0 Å². The fourth-order valence-electron chi connectivity index (χ4n) is 2.92. The van der Waals surface area contributed by atoms with Gasteiger partial charge in [0.2, 0.25) is 0 Å². The van der Waals surface area contributed by atoms with Gasteiger partial charge in [-0.25, -0.2) is 0 Å². The highest BCUT2D eigenvalue weighted by atomic mass is 79.9. The van der Waals surface area contributed by atoms with E-state index in [4.69, 9.17) is 4.74 Å². The molecular formula is C25H25BrN2O3. The van der Waals surface area contributed by atoms with E-state index in [2.05, 4.69) is 33.5 Å². The minimum Gasteiger partial charge on any atom is -0.492 e. The van der Waals surface area contributed by atoms with Crippen LogP contribution < -0.4 is 15.4 Å². The van der Waals surface area contributed by atoms with Gasteiger partial charge in [-0.15, -0.1) is 0 Å². The first kappa shape index (κ1) is 22.6. The minimum absolute atomic E-state index is 0.174. The van der Waals surface area contributed by atoms with Gasteiger partial charge in [-0.3, -0.25) is 9.59 Å². The summed E-state index contributed by atoms with van der Waals surface area (Å²) in [6, 6.07) is 19.7. The van der Waals surface area contributed by atoms with Gasteiger partial charge in [0, 0.05) is 22.5 Å². The summed E-state index contributed by atoms with van der Waals surface area (Å²) in [5.41, 5.74) is 3.44. The number of hydrogen-bond donors (Lipinski definition) is 2. The summed E-state index contributed by atoms with van der Waals surface area (Å²) in [5.74, 6) is 0.322. The molecule has 0 radical (unpaired) electrons. The van der Waals surface area contributed by atoms with Crippen LogP contribution in [0.1, 0.15) is 46.0 Å². The van der Waals surface area contributed by atoms with Crippen molar-refractivity contribution in [2.45, 2.75) is 26.7 Å². The summed E-state index contributed by atoms with van der Waals surface area (Å²) in [6.45, 7) is 4.70. The van der Waals surface area contributed by atoms with Crippen LogP contribution in [0.2, 0.25) is 0 Å². The highest BCUT2D eigenvalue weighted by Gasteiger charge is 2.11. The molecule has 0 saturated heterocycles. The highest BCUT2D eigenvalue weighted by molar-refractivity contribution is 9.10. The van der Waals surface area contributed by atoms with E-state index in [1.165, 1.54) is 0 Å². The maximum atomic E-state index is 12.6. The average Bonchev–Trinajstić information content (AvgIpc) is 2.76. The van der Waals surface area contributed by atoms with E-state index in [1.54, 1.807) is 48.5 Å². The number of rotatable bonds is 8. The second kappa shape index (κ2) is 10.8. The van der Waals surface area contributed by atoms with Crippen LogP contribution >= 0.6 is 15.9 Å². The Morgan fingerprint density at radius 1 is 0.871 bits per heavy atom. The monoisotopic (exact) mass is 480 g/mol. The molecule has 0 aliphatic rings. The molecule has 0 aliphatic carbocycles. The van der Waals surface area contributed by atoms with Gasteiger partial charge < -0.3 is 15.4 Å². The molecule has 0 bridgehead atoms. The lowest BCUT2D eigenvalue weighted by Crippen LogP contribution is -2.13. The summed E-state index contributed by atoms with van der Waals surface area (Å²) in [4.78, 5) is 24.9. The zero-order valence-electron chi connectivity index (χ0n) is 17.6. The maximum absolute atomic E-state index is 12.6. The molecule has 0 unspecified atom stereocenters. The predicted molar refractivity (Wildman–Crippen MR) is 128 cm³/mol. The van der Waals surface area contributed by atoms with Crippen molar-refractivity contribution in [3.05, 3.63) is 87.9 Å². The minimum atomic E-state index is -0.225. The quantitative estimate of drug-likeness (QED) is 0.364. The van der Waals surface area contributed by atoms with Crippen LogP contribution in [-0.2, 0) is 0 Å². The van der Waals surface area contributed by atoms with Crippen LogP contribution in [-0.4, -0.2) is 18.4 Å². The lowest BCUT2D eigenvalue weighted by Gasteiger charge is -2.11. The van der Waals surface area contributed by atoms with Crippen LogP contribution in [0.3, 0.4) is 0 Å². The Bertz CT molecular complexity index is 1060. The predicted octanol–water partition coefficient (Wildman–Crippen LogP) is 6.44. The second-order valence-corrected chi connectivity index (χ2v) is 8.06. The van der Waals surface area contributed by atoms with E-state index in [9.17, 15) is 9.59 Å². The van der Waals surface area contributed by atoms with Crippen LogP contribution in [0.15, 0.2) is 71.2 Å². The van der Waals surface area contributed by atoms with Gasteiger partial charge in [-0.2, -0.15) is 0 Å². The van der Waals surface area contributed by atoms with Crippen molar-refractivity contribution < 1.29 is 14.3 Å². The molecule has 0 heterocycles. The molecule has 5 nitrogen and oxygen atoms in total. The maximum Gasteiger partial charge on any atom is 0.255 e. The standard InChI is InChI=1S/C25H25BrN2O3/c1-3-4-14-31-23-13-8-19(16-22(23)26)25(30)28-21-11-9-20(10-12-21)27-24(29)18-7-5-6-17(2)15-18/h5-13,15-16H,3-4,14H2,1-2H3,(H,27,29)(H,28,30). The SMILES string of the molecule is CCCCOc1ccc(C(=O)Nc2ccc(NC(=O)c3cccc(C)c3)cc2)cc1Br. The first-order valence-electron chi connectivity index (χ1n) is 10.2. The molecule has 0 saturated carbocycles. The zero-order chi connectivity index (χ0) is 22.2. The fourth-order valence-corrected chi connectivity index (χ4v) is 3.41. The van der Waals surface area contributed by atoms with Crippen LogP contribution in [0, 0.1) is 6.92 Å². The van der Waals surface area contributed by atoms with Gasteiger partial charge in [-0.1, -0.05) is 31.0 Å². The number of amides is 2. The molecule has 0 aromatic heterocycles. The lowest BCUT2D eigenvalue weighted by molar-refractivity contribution is 0.101. The van der Waals surface area contributed by atoms with E-state index >= 15 is 0 Å². The van der Waals surface area contributed by atoms with Crippen molar-refractivity contribution in [1.29, 1.82) is 0 Å². The van der Waals surface area contributed by atoms with Crippen molar-refractivity contribution >= 4 is 39.1 Å². The van der Waals surface area contributed by atoms with E-state index in [0.29, 0.717) is 29.1 Å². The van der Waals surface area contributed by atoms with Crippen molar-refractivity contribution in [3.63, 3.8) is 0 Å². The van der Waals surface area contributed by atoms with Gasteiger partial charge in [0.15, 0.2) is 0 Å². The third-order valence-electron chi connectivity index (χ3n) is 4.63. The molecule has 0 fully saturated rings. The first-order valence-corrected chi connectivity index (χ1v) is 11.0. The van der Waals surface area contributed by atoms with Gasteiger partial charge >= 0.3 is 0 Å². The molecule has 3 aromatic carbocycles. The number of carbonyl (C=O) groups excluding carboxylic acids is 2. The summed E-state index contributed by atoms with van der Waals surface area (Å²) in [5, 5.41) is 5.72. The third kappa shape index (κ3) is 6.43. The Morgan fingerprint density at radius 2 is 1.48 bits per heavy atom. The Kier molecular flexibility index (Phi) is 7.84. The second-order valence-electron chi connectivity index (χ2n) is 7.20. The summed E-state index contributed by atoms with van der Waals surface area (Å²) in [7, 11) is 0. The Balaban J connectivity index is 1.59. The van der Waals surface area contributed by atoms with E-state index < -0.39 is 0 Å². The van der Waals surface area contributed by atoms with E-state index in [1.807, 2.05) is 25.1 Å². The average molecular weight is 481 g/mol. The number of unbranched alkanes of at least 4 members (excludes halogenated alkanes) is 1.